The zero-order valence-electron chi connectivity index (χ0n) is 9.95. The maximum absolute atomic E-state index is 13.0. The van der Waals surface area contributed by atoms with Crippen molar-refractivity contribution < 1.29 is 9.18 Å². The van der Waals surface area contributed by atoms with Crippen LogP contribution in [0.4, 0.5) is 4.39 Å². The molecule has 0 aliphatic carbocycles. The first-order valence-electron chi connectivity index (χ1n) is 5.63. The standard InChI is InChI=1S/C14H16FNO/c1-3-8-16(9-4-2)14(17)11-12-6-5-7-13(15)10-12/h1,5-7,10H,4,8-9,11H2,2H3. The van der Waals surface area contributed by atoms with Crippen LogP contribution >= 0.6 is 0 Å². The van der Waals surface area contributed by atoms with E-state index in [1.807, 2.05) is 6.92 Å². The molecule has 1 amide bonds. The highest BCUT2D eigenvalue weighted by atomic mass is 19.1. The van der Waals surface area contributed by atoms with Gasteiger partial charge in [0.25, 0.3) is 0 Å². The number of terminal acetylenes is 1. The van der Waals surface area contributed by atoms with Gasteiger partial charge in [0.1, 0.15) is 5.82 Å². The van der Waals surface area contributed by atoms with Gasteiger partial charge in [-0.05, 0) is 24.1 Å². The second-order valence-electron chi connectivity index (χ2n) is 3.83. The molecule has 0 fully saturated rings. The van der Waals surface area contributed by atoms with E-state index in [-0.39, 0.29) is 18.1 Å². The largest absolute Gasteiger partial charge is 0.331 e. The van der Waals surface area contributed by atoms with Crippen LogP contribution in [0.1, 0.15) is 18.9 Å². The Morgan fingerprint density at radius 3 is 2.88 bits per heavy atom. The first-order chi connectivity index (χ1) is 8.17. The summed E-state index contributed by atoms with van der Waals surface area (Å²) in [6, 6.07) is 6.07. The van der Waals surface area contributed by atoms with Crippen molar-refractivity contribution in [1.82, 2.24) is 4.90 Å². The maximum atomic E-state index is 13.0. The molecule has 0 aliphatic rings. The Balaban J connectivity index is 2.66. The molecule has 0 heterocycles. The molecule has 0 saturated carbocycles. The highest BCUT2D eigenvalue weighted by Gasteiger charge is 2.12. The Labute approximate surface area is 101 Å². The molecule has 0 unspecified atom stereocenters. The van der Waals surface area contributed by atoms with Crippen LogP contribution in [-0.2, 0) is 11.2 Å². The molecule has 0 radical (unpaired) electrons. The highest BCUT2D eigenvalue weighted by molar-refractivity contribution is 5.79. The van der Waals surface area contributed by atoms with Crippen molar-refractivity contribution in [3.8, 4) is 12.3 Å². The molecule has 0 aromatic heterocycles. The minimum absolute atomic E-state index is 0.0598. The van der Waals surface area contributed by atoms with Crippen molar-refractivity contribution in [2.24, 2.45) is 0 Å². The number of hydrogen-bond acceptors (Lipinski definition) is 1. The summed E-state index contributed by atoms with van der Waals surface area (Å²) in [6.45, 7) is 2.93. The topological polar surface area (TPSA) is 20.3 Å². The number of halogens is 1. The molecule has 0 aliphatic heterocycles. The van der Waals surface area contributed by atoms with Gasteiger partial charge in [-0.15, -0.1) is 6.42 Å². The fourth-order valence-corrected chi connectivity index (χ4v) is 1.61. The predicted octanol–water partition coefficient (Wildman–Crippen LogP) is 2.24. The second kappa shape index (κ2) is 6.70. The van der Waals surface area contributed by atoms with Gasteiger partial charge in [-0.2, -0.15) is 0 Å². The third-order valence-electron chi connectivity index (χ3n) is 2.37. The smallest absolute Gasteiger partial charge is 0.227 e. The van der Waals surface area contributed by atoms with Crippen LogP contribution < -0.4 is 0 Å². The molecule has 0 N–H and O–H groups in total. The van der Waals surface area contributed by atoms with E-state index in [1.54, 1.807) is 17.0 Å². The average molecular weight is 233 g/mol. The molecular weight excluding hydrogens is 217 g/mol. The van der Waals surface area contributed by atoms with Crippen LogP contribution in [0.2, 0.25) is 0 Å². The lowest BCUT2D eigenvalue weighted by Crippen LogP contribution is -2.33. The molecule has 3 heteroatoms. The van der Waals surface area contributed by atoms with E-state index in [2.05, 4.69) is 5.92 Å². The fraction of sp³-hybridized carbons (Fsp3) is 0.357. The van der Waals surface area contributed by atoms with Crippen molar-refractivity contribution in [3.63, 3.8) is 0 Å². The van der Waals surface area contributed by atoms with Crippen molar-refractivity contribution in [2.45, 2.75) is 19.8 Å². The lowest BCUT2D eigenvalue weighted by molar-refractivity contribution is -0.129. The summed E-state index contributed by atoms with van der Waals surface area (Å²) in [5.41, 5.74) is 0.674. The minimum atomic E-state index is -0.325. The number of rotatable bonds is 5. The summed E-state index contributed by atoms with van der Waals surface area (Å²) >= 11 is 0. The summed E-state index contributed by atoms with van der Waals surface area (Å²) in [4.78, 5) is 13.5. The molecule has 0 bridgehead atoms. The number of nitrogens with zero attached hydrogens (tertiary/aromatic N) is 1. The zero-order chi connectivity index (χ0) is 12.7. The number of carbonyl (C=O) groups is 1. The van der Waals surface area contributed by atoms with Gasteiger partial charge in [-0.25, -0.2) is 4.39 Å². The first kappa shape index (κ1) is 13.2. The third-order valence-corrected chi connectivity index (χ3v) is 2.37. The Morgan fingerprint density at radius 2 is 2.29 bits per heavy atom. The van der Waals surface area contributed by atoms with E-state index >= 15 is 0 Å². The van der Waals surface area contributed by atoms with Gasteiger partial charge in [0, 0.05) is 6.54 Å². The quantitative estimate of drug-likeness (QED) is 0.714. The van der Waals surface area contributed by atoms with E-state index in [0.717, 1.165) is 6.42 Å². The van der Waals surface area contributed by atoms with Crippen LogP contribution in [0.3, 0.4) is 0 Å². The monoisotopic (exact) mass is 233 g/mol. The van der Waals surface area contributed by atoms with Gasteiger partial charge >= 0.3 is 0 Å². The van der Waals surface area contributed by atoms with Crippen LogP contribution in [0.5, 0.6) is 0 Å². The Morgan fingerprint density at radius 1 is 1.53 bits per heavy atom. The first-order valence-corrected chi connectivity index (χ1v) is 5.63. The SMILES string of the molecule is C#CCN(CCC)C(=O)Cc1cccc(F)c1. The molecule has 1 rings (SSSR count). The van der Waals surface area contributed by atoms with Crippen LogP contribution in [0.15, 0.2) is 24.3 Å². The van der Waals surface area contributed by atoms with Crippen LogP contribution in [0, 0.1) is 18.2 Å². The average Bonchev–Trinajstić information content (AvgIpc) is 2.28. The second-order valence-corrected chi connectivity index (χ2v) is 3.83. The molecule has 0 atom stereocenters. The van der Waals surface area contributed by atoms with Crippen molar-refractivity contribution in [3.05, 3.63) is 35.6 Å². The number of carbonyl (C=O) groups excluding carboxylic acids is 1. The van der Waals surface area contributed by atoms with Crippen molar-refractivity contribution in [1.29, 1.82) is 0 Å². The predicted molar refractivity (Wildman–Crippen MR) is 65.8 cm³/mol. The molecule has 1 aromatic rings. The number of hydrogen-bond donors (Lipinski definition) is 0. The van der Waals surface area contributed by atoms with E-state index in [4.69, 9.17) is 6.42 Å². The lowest BCUT2D eigenvalue weighted by Gasteiger charge is -2.19. The number of benzene rings is 1. The Kier molecular flexibility index (Phi) is 5.22. The normalized spacial score (nSPS) is 9.71. The van der Waals surface area contributed by atoms with Gasteiger partial charge in [0.2, 0.25) is 5.91 Å². The lowest BCUT2D eigenvalue weighted by atomic mass is 10.1. The number of amides is 1. The molecule has 2 nitrogen and oxygen atoms in total. The highest BCUT2D eigenvalue weighted by Crippen LogP contribution is 2.06. The Bertz CT molecular complexity index is 422. The summed E-state index contributed by atoms with van der Waals surface area (Å²) in [5.74, 6) is 2.08. The molecule has 17 heavy (non-hydrogen) atoms. The molecule has 0 spiro atoms. The molecule has 1 aromatic carbocycles. The van der Waals surface area contributed by atoms with E-state index in [1.165, 1.54) is 12.1 Å². The van der Waals surface area contributed by atoms with Crippen LogP contribution in [0.25, 0.3) is 0 Å². The van der Waals surface area contributed by atoms with Crippen molar-refractivity contribution in [2.75, 3.05) is 13.1 Å². The van der Waals surface area contributed by atoms with Gasteiger partial charge < -0.3 is 4.90 Å². The minimum Gasteiger partial charge on any atom is -0.331 e. The summed E-state index contributed by atoms with van der Waals surface area (Å²) in [6.07, 6.45) is 6.26. The van der Waals surface area contributed by atoms with Gasteiger partial charge in [0.15, 0.2) is 0 Å². The van der Waals surface area contributed by atoms with Gasteiger partial charge in [-0.1, -0.05) is 25.0 Å². The van der Waals surface area contributed by atoms with Crippen molar-refractivity contribution >= 4 is 5.91 Å². The Hall–Kier alpha value is -1.82. The van der Waals surface area contributed by atoms with Gasteiger partial charge in [-0.3, -0.25) is 4.79 Å². The van der Waals surface area contributed by atoms with E-state index in [0.29, 0.717) is 18.7 Å². The zero-order valence-corrected chi connectivity index (χ0v) is 9.95. The summed E-state index contributed by atoms with van der Waals surface area (Å²) < 4.78 is 13.0. The van der Waals surface area contributed by atoms with E-state index < -0.39 is 0 Å². The third kappa shape index (κ3) is 4.28. The van der Waals surface area contributed by atoms with Gasteiger partial charge in [0.05, 0.1) is 13.0 Å². The molecule has 90 valence electrons. The summed E-state index contributed by atoms with van der Waals surface area (Å²) in [5, 5.41) is 0. The van der Waals surface area contributed by atoms with Crippen LogP contribution in [-0.4, -0.2) is 23.9 Å². The maximum Gasteiger partial charge on any atom is 0.227 e. The summed E-state index contributed by atoms with van der Waals surface area (Å²) in [7, 11) is 0. The fourth-order valence-electron chi connectivity index (χ4n) is 1.61. The molecular formula is C14H16FNO. The molecule has 0 saturated heterocycles. The van der Waals surface area contributed by atoms with E-state index in [9.17, 15) is 9.18 Å².